The molecule has 0 aliphatic carbocycles. The van der Waals surface area contributed by atoms with Crippen molar-refractivity contribution in [1.29, 1.82) is 0 Å². The summed E-state index contributed by atoms with van der Waals surface area (Å²) in [5.41, 5.74) is 1.18. The summed E-state index contributed by atoms with van der Waals surface area (Å²) in [7, 11) is 0. The number of benzene rings is 2. The standard InChI is InChI=1S/C14H14N2O/c17-14-15-7-8-16(14)10-11-5-6-12-3-1-2-4-13(12)9-11/h1-6,9H,7-8,10H2,(H,15,17). The number of fused-ring (bicyclic) bond motifs is 1. The summed E-state index contributed by atoms with van der Waals surface area (Å²) in [5.74, 6) is 0. The lowest BCUT2D eigenvalue weighted by molar-refractivity contribution is 0.215. The molecule has 0 unspecified atom stereocenters. The fraction of sp³-hybridized carbons (Fsp3) is 0.214. The lowest BCUT2D eigenvalue weighted by atomic mass is 10.1. The summed E-state index contributed by atoms with van der Waals surface area (Å²) in [6.45, 7) is 2.24. The van der Waals surface area contributed by atoms with E-state index in [-0.39, 0.29) is 6.03 Å². The average molecular weight is 226 g/mol. The van der Waals surface area contributed by atoms with Gasteiger partial charge in [0.1, 0.15) is 0 Å². The molecule has 3 heteroatoms. The van der Waals surface area contributed by atoms with Crippen molar-refractivity contribution in [3.63, 3.8) is 0 Å². The molecule has 0 aromatic heterocycles. The molecule has 2 amide bonds. The largest absolute Gasteiger partial charge is 0.336 e. The maximum atomic E-state index is 11.5. The van der Waals surface area contributed by atoms with Crippen molar-refractivity contribution in [2.45, 2.75) is 6.54 Å². The number of amides is 2. The van der Waals surface area contributed by atoms with Gasteiger partial charge in [-0.25, -0.2) is 4.79 Å². The maximum absolute atomic E-state index is 11.5. The van der Waals surface area contributed by atoms with E-state index in [1.807, 2.05) is 17.0 Å². The number of rotatable bonds is 2. The Morgan fingerprint density at radius 1 is 1.12 bits per heavy atom. The highest BCUT2D eigenvalue weighted by Crippen LogP contribution is 2.17. The van der Waals surface area contributed by atoms with E-state index in [0.29, 0.717) is 6.54 Å². The van der Waals surface area contributed by atoms with Gasteiger partial charge < -0.3 is 10.2 Å². The van der Waals surface area contributed by atoms with Gasteiger partial charge in [-0.2, -0.15) is 0 Å². The zero-order chi connectivity index (χ0) is 11.7. The molecule has 1 N–H and O–H groups in total. The van der Waals surface area contributed by atoms with Crippen LogP contribution in [0, 0.1) is 0 Å². The smallest absolute Gasteiger partial charge is 0.317 e. The average Bonchev–Trinajstić information content (AvgIpc) is 2.75. The Morgan fingerprint density at radius 3 is 2.71 bits per heavy atom. The molecule has 0 saturated carbocycles. The topological polar surface area (TPSA) is 32.3 Å². The van der Waals surface area contributed by atoms with Gasteiger partial charge in [-0.05, 0) is 22.4 Å². The molecule has 0 spiro atoms. The predicted octanol–water partition coefficient (Wildman–Crippen LogP) is 2.37. The van der Waals surface area contributed by atoms with Gasteiger partial charge in [0.15, 0.2) is 0 Å². The van der Waals surface area contributed by atoms with Gasteiger partial charge in [-0.1, -0.05) is 36.4 Å². The minimum atomic E-state index is 0.0400. The number of nitrogens with one attached hydrogen (secondary N) is 1. The lowest BCUT2D eigenvalue weighted by Crippen LogP contribution is -2.27. The number of carbonyl (C=O) groups excluding carboxylic acids is 1. The molecule has 0 atom stereocenters. The van der Waals surface area contributed by atoms with Crippen molar-refractivity contribution in [3.8, 4) is 0 Å². The zero-order valence-electron chi connectivity index (χ0n) is 9.52. The van der Waals surface area contributed by atoms with E-state index in [9.17, 15) is 4.79 Å². The highest BCUT2D eigenvalue weighted by molar-refractivity contribution is 5.83. The minimum absolute atomic E-state index is 0.0400. The number of nitrogens with zero attached hydrogens (tertiary/aromatic N) is 1. The van der Waals surface area contributed by atoms with Gasteiger partial charge >= 0.3 is 6.03 Å². The van der Waals surface area contributed by atoms with Crippen molar-refractivity contribution in [1.82, 2.24) is 10.2 Å². The quantitative estimate of drug-likeness (QED) is 0.837. The Kier molecular flexibility index (Phi) is 2.44. The molecule has 86 valence electrons. The third-order valence-corrected chi connectivity index (χ3v) is 3.13. The van der Waals surface area contributed by atoms with Crippen molar-refractivity contribution in [3.05, 3.63) is 48.0 Å². The molecular formula is C14H14N2O. The van der Waals surface area contributed by atoms with E-state index in [1.54, 1.807) is 0 Å². The summed E-state index contributed by atoms with van der Waals surface area (Å²) in [6, 6.07) is 14.7. The van der Waals surface area contributed by atoms with Crippen LogP contribution in [0.4, 0.5) is 4.79 Å². The number of carbonyl (C=O) groups is 1. The molecule has 2 aromatic carbocycles. The predicted molar refractivity (Wildman–Crippen MR) is 67.8 cm³/mol. The molecular weight excluding hydrogens is 212 g/mol. The molecule has 3 rings (SSSR count). The first-order chi connectivity index (χ1) is 8.33. The molecule has 1 fully saturated rings. The highest BCUT2D eigenvalue weighted by Gasteiger charge is 2.19. The molecule has 3 nitrogen and oxygen atoms in total. The van der Waals surface area contributed by atoms with Crippen LogP contribution in [-0.4, -0.2) is 24.0 Å². The van der Waals surface area contributed by atoms with E-state index >= 15 is 0 Å². The van der Waals surface area contributed by atoms with Crippen molar-refractivity contribution in [2.75, 3.05) is 13.1 Å². The molecule has 1 aliphatic rings. The van der Waals surface area contributed by atoms with Crippen LogP contribution in [0.2, 0.25) is 0 Å². The van der Waals surface area contributed by atoms with Gasteiger partial charge in [-0.3, -0.25) is 0 Å². The third-order valence-electron chi connectivity index (χ3n) is 3.13. The van der Waals surface area contributed by atoms with Gasteiger partial charge in [0.05, 0.1) is 0 Å². The lowest BCUT2D eigenvalue weighted by Gasteiger charge is -2.14. The van der Waals surface area contributed by atoms with Crippen LogP contribution in [-0.2, 0) is 6.54 Å². The van der Waals surface area contributed by atoms with Crippen LogP contribution in [0.25, 0.3) is 10.8 Å². The fourth-order valence-corrected chi connectivity index (χ4v) is 2.22. The first-order valence-corrected chi connectivity index (χ1v) is 5.83. The molecule has 1 heterocycles. The maximum Gasteiger partial charge on any atom is 0.317 e. The van der Waals surface area contributed by atoms with E-state index in [0.717, 1.165) is 13.1 Å². The number of hydrogen-bond acceptors (Lipinski definition) is 1. The van der Waals surface area contributed by atoms with Crippen molar-refractivity contribution < 1.29 is 4.79 Å². The summed E-state index contributed by atoms with van der Waals surface area (Å²) >= 11 is 0. The molecule has 17 heavy (non-hydrogen) atoms. The first kappa shape index (κ1) is 10.1. The summed E-state index contributed by atoms with van der Waals surface area (Å²) in [5, 5.41) is 5.28. The Bertz CT molecular complexity index is 565. The Labute approximate surface area is 100 Å². The van der Waals surface area contributed by atoms with E-state index in [1.165, 1.54) is 16.3 Å². The Balaban J connectivity index is 1.88. The monoisotopic (exact) mass is 226 g/mol. The number of urea groups is 1. The SMILES string of the molecule is O=C1NCCN1Cc1ccc2ccccc2c1. The Hall–Kier alpha value is -2.03. The minimum Gasteiger partial charge on any atom is -0.336 e. The van der Waals surface area contributed by atoms with Gasteiger partial charge in [-0.15, -0.1) is 0 Å². The van der Waals surface area contributed by atoms with E-state index in [2.05, 4.69) is 35.6 Å². The first-order valence-electron chi connectivity index (χ1n) is 5.83. The molecule has 0 bridgehead atoms. The summed E-state index contributed by atoms with van der Waals surface area (Å²) in [6.07, 6.45) is 0. The second-order valence-corrected chi connectivity index (χ2v) is 4.33. The summed E-state index contributed by atoms with van der Waals surface area (Å²) in [4.78, 5) is 13.3. The van der Waals surface area contributed by atoms with Gasteiger partial charge in [0, 0.05) is 19.6 Å². The molecule has 1 saturated heterocycles. The van der Waals surface area contributed by atoms with Crippen LogP contribution in [0.5, 0.6) is 0 Å². The van der Waals surface area contributed by atoms with Crippen LogP contribution in [0.3, 0.4) is 0 Å². The molecule has 2 aromatic rings. The van der Waals surface area contributed by atoms with Crippen LogP contribution in [0.15, 0.2) is 42.5 Å². The molecule has 0 radical (unpaired) electrons. The molecule has 1 aliphatic heterocycles. The highest BCUT2D eigenvalue weighted by atomic mass is 16.2. The van der Waals surface area contributed by atoms with E-state index in [4.69, 9.17) is 0 Å². The van der Waals surface area contributed by atoms with E-state index < -0.39 is 0 Å². The number of hydrogen-bond donors (Lipinski definition) is 1. The normalized spacial score (nSPS) is 15.3. The van der Waals surface area contributed by atoms with Crippen LogP contribution < -0.4 is 5.32 Å². The van der Waals surface area contributed by atoms with Crippen LogP contribution in [0.1, 0.15) is 5.56 Å². The summed E-state index contributed by atoms with van der Waals surface area (Å²) < 4.78 is 0. The van der Waals surface area contributed by atoms with Crippen molar-refractivity contribution >= 4 is 16.8 Å². The zero-order valence-corrected chi connectivity index (χ0v) is 9.52. The van der Waals surface area contributed by atoms with Gasteiger partial charge in [0.2, 0.25) is 0 Å². The second-order valence-electron chi connectivity index (χ2n) is 4.33. The van der Waals surface area contributed by atoms with Gasteiger partial charge in [0.25, 0.3) is 0 Å². The third kappa shape index (κ3) is 1.96. The van der Waals surface area contributed by atoms with Crippen LogP contribution >= 0.6 is 0 Å². The fourth-order valence-electron chi connectivity index (χ4n) is 2.22. The second kappa shape index (κ2) is 4.09. The Morgan fingerprint density at radius 2 is 1.94 bits per heavy atom. The van der Waals surface area contributed by atoms with Crippen molar-refractivity contribution in [2.24, 2.45) is 0 Å².